The molecule has 0 atom stereocenters. The van der Waals surface area contributed by atoms with Gasteiger partial charge in [-0.1, -0.05) is 10.5 Å². The standard InChI is InChI=1S/C15H15FN2O4S/c1-18(22-2)23(20,21)14-8-6-13(7-9-14)17-15(19)11-4-3-5-12(16)10-11/h3-10H,1-2H3,(H,17,19). The Bertz CT molecular complexity index is 806. The minimum Gasteiger partial charge on any atom is -0.322 e. The molecular formula is C15H15FN2O4S. The molecule has 1 amide bonds. The van der Waals surface area contributed by atoms with Crippen LogP contribution in [0.3, 0.4) is 0 Å². The number of hydroxylamine groups is 1. The van der Waals surface area contributed by atoms with Crippen molar-refractivity contribution in [2.24, 2.45) is 0 Å². The van der Waals surface area contributed by atoms with Crippen molar-refractivity contribution >= 4 is 21.6 Å². The summed E-state index contributed by atoms with van der Waals surface area (Å²) in [6.07, 6.45) is 0. The molecule has 1 N–H and O–H groups in total. The first-order chi connectivity index (χ1) is 10.8. The van der Waals surface area contributed by atoms with Gasteiger partial charge in [0.15, 0.2) is 0 Å². The van der Waals surface area contributed by atoms with Crippen molar-refractivity contribution in [2.45, 2.75) is 4.90 Å². The number of benzene rings is 2. The van der Waals surface area contributed by atoms with E-state index in [1.54, 1.807) is 0 Å². The van der Waals surface area contributed by atoms with Crippen molar-refractivity contribution in [3.05, 3.63) is 59.9 Å². The van der Waals surface area contributed by atoms with Gasteiger partial charge in [0, 0.05) is 18.3 Å². The van der Waals surface area contributed by atoms with E-state index in [2.05, 4.69) is 10.2 Å². The summed E-state index contributed by atoms with van der Waals surface area (Å²) in [5.41, 5.74) is 0.555. The van der Waals surface area contributed by atoms with E-state index in [1.807, 2.05) is 0 Å². The maximum absolute atomic E-state index is 13.1. The molecule has 0 saturated carbocycles. The molecule has 23 heavy (non-hydrogen) atoms. The second-order valence-electron chi connectivity index (χ2n) is 4.59. The van der Waals surface area contributed by atoms with Gasteiger partial charge >= 0.3 is 0 Å². The molecule has 6 nitrogen and oxygen atoms in total. The lowest BCUT2D eigenvalue weighted by Crippen LogP contribution is -2.25. The summed E-state index contributed by atoms with van der Waals surface area (Å²) in [6, 6.07) is 10.8. The molecule has 8 heteroatoms. The van der Waals surface area contributed by atoms with E-state index in [9.17, 15) is 17.6 Å². The Morgan fingerprint density at radius 3 is 2.39 bits per heavy atom. The van der Waals surface area contributed by atoms with Crippen molar-refractivity contribution in [1.29, 1.82) is 0 Å². The first-order valence-corrected chi connectivity index (χ1v) is 7.98. The molecule has 2 aromatic rings. The summed E-state index contributed by atoms with van der Waals surface area (Å²) in [5, 5.41) is 2.56. The molecule has 122 valence electrons. The molecule has 0 radical (unpaired) electrons. The van der Waals surface area contributed by atoms with Crippen LogP contribution >= 0.6 is 0 Å². The second-order valence-corrected chi connectivity index (χ2v) is 6.52. The molecule has 0 unspecified atom stereocenters. The van der Waals surface area contributed by atoms with Gasteiger partial charge in [0.25, 0.3) is 15.9 Å². The van der Waals surface area contributed by atoms with E-state index in [0.717, 1.165) is 10.5 Å². The van der Waals surface area contributed by atoms with Gasteiger partial charge in [-0.2, -0.15) is 0 Å². The van der Waals surface area contributed by atoms with Gasteiger partial charge in [0.1, 0.15) is 5.82 Å². The van der Waals surface area contributed by atoms with Crippen LogP contribution in [0.1, 0.15) is 10.4 Å². The summed E-state index contributed by atoms with van der Waals surface area (Å²) < 4.78 is 37.9. The van der Waals surface area contributed by atoms with Crippen LogP contribution in [-0.4, -0.2) is 33.0 Å². The van der Waals surface area contributed by atoms with E-state index in [-0.39, 0.29) is 10.5 Å². The number of nitrogens with zero attached hydrogens (tertiary/aromatic N) is 1. The van der Waals surface area contributed by atoms with Crippen LogP contribution in [0.4, 0.5) is 10.1 Å². The Kier molecular flexibility index (Phi) is 5.09. The van der Waals surface area contributed by atoms with Crippen molar-refractivity contribution in [3.8, 4) is 0 Å². The molecule has 0 aliphatic rings. The van der Waals surface area contributed by atoms with Crippen LogP contribution < -0.4 is 5.32 Å². The highest BCUT2D eigenvalue weighted by molar-refractivity contribution is 7.89. The third kappa shape index (κ3) is 3.92. The normalized spacial score (nSPS) is 11.5. The number of carbonyl (C=O) groups excluding carboxylic acids is 1. The van der Waals surface area contributed by atoms with Gasteiger partial charge in [-0.05, 0) is 42.5 Å². The number of nitrogens with one attached hydrogen (secondary N) is 1. The number of sulfonamides is 1. The summed E-state index contributed by atoms with van der Waals surface area (Å²) in [7, 11) is -1.23. The van der Waals surface area contributed by atoms with Crippen molar-refractivity contribution in [3.63, 3.8) is 0 Å². The number of carbonyl (C=O) groups is 1. The molecule has 0 aliphatic heterocycles. The van der Waals surface area contributed by atoms with E-state index in [4.69, 9.17) is 0 Å². The van der Waals surface area contributed by atoms with Gasteiger partial charge in [-0.15, -0.1) is 0 Å². The van der Waals surface area contributed by atoms with Crippen molar-refractivity contribution < 1.29 is 22.4 Å². The zero-order valence-electron chi connectivity index (χ0n) is 12.5. The predicted octanol–water partition coefficient (Wildman–Crippen LogP) is 2.26. The van der Waals surface area contributed by atoms with Crippen molar-refractivity contribution in [2.75, 3.05) is 19.5 Å². The number of anilines is 1. The highest BCUT2D eigenvalue weighted by Gasteiger charge is 2.20. The lowest BCUT2D eigenvalue weighted by Gasteiger charge is -2.14. The SMILES string of the molecule is CON(C)S(=O)(=O)c1ccc(NC(=O)c2cccc(F)c2)cc1. The molecular weight excluding hydrogens is 323 g/mol. The number of rotatable bonds is 5. The summed E-state index contributed by atoms with van der Waals surface area (Å²) >= 11 is 0. The van der Waals surface area contributed by atoms with Gasteiger partial charge in [0.05, 0.1) is 12.0 Å². The van der Waals surface area contributed by atoms with E-state index < -0.39 is 21.7 Å². The molecule has 0 fully saturated rings. The summed E-state index contributed by atoms with van der Waals surface area (Å²) in [4.78, 5) is 16.7. The fourth-order valence-electron chi connectivity index (χ4n) is 1.79. The second kappa shape index (κ2) is 6.86. The van der Waals surface area contributed by atoms with Crippen molar-refractivity contribution in [1.82, 2.24) is 4.47 Å². The third-order valence-electron chi connectivity index (χ3n) is 3.09. The highest BCUT2D eigenvalue weighted by Crippen LogP contribution is 2.18. The molecule has 2 rings (SSSR count). The van der Waals surface area contributed by atoms with Gasteiger partial charge in [-0.3, -0.25) is 9.63 Å². The zero-order chi connectivity index (χ0) is 17.0. The average molecular weight is 338 g/mol. The summed E-state index contributed by atoms with van der Waals surface area (Å²) in [6.45, 7) is 0. The number of hydrogen-bond acceptors (Lipinski definition) is 4. The van der Waals surface area contributed by atoms with Crippen LogP contribution in [0.15, 0.2) is 53.4 Å². The first kappa shape index (κ1) is 17.1. The minimum absolute atomic E-state index is 0.0191. The first-order valence-electron chi connectivity index (χ1n) is 6.54. The highest BCUT2D eigenvalue weighted by atomic mass is 32.2. The third-order valence-corrected chi connectivity index (χ3v) is 4.79. The fraction of sp³-hybridized carbons (Fsp3) is 0.133. The van der Waals surface area contributed by atoms with Crippen LogP contribution in [0.2, 0.25) is 0 Å². The Balaban J connectivity index is 2.16. The van der Waals surface area contributed by atoms with Gasteiger partial charge in [0.2, 0.25) is 0 Å². The number of hydrogen-bond donors (Lipinski definition) is 1. The number of amides is 1. The van der Waals surface area contributed by atoms with Crippen LogP contribution in [0.25, 0.3) is 0 Å². The molecule has 0 spiro atoms. The fourth-order valence-corrected chi connectivity index (χ4v) is 2.76. The molecule has 0 bridgehead atoms. The average Bonchev–Trinajstić information content (AvgIpc) is 2.54. The van der Waals surface area contributed by atoms with E-state index >= 15 is 0 Å². The topological polar surface area (TPSA) is 75.7 Å². The smallest absolute Gasteiger partial charge is 0.264 e. The zero-order valence-corrected chi connectivity index (χ0v) is 13.3. The molecule has 0 heterocycles. The van der Waals surface area contributed by atoms with Crippen LogP contribution in [0.5, 0.6) is 0 Å². The Labute approximate surface area is 133 Å². The maximum Gasteiger partial charge on any atom is 0.264 e. The molecule has 2 aromatic carbocycles. The van der Waals surface area contributed by atoms with E-state index in [1.165, 1.54) is 56.6 Å². The maximum atomic E-state index is 13.1. The largest absolute Gasteiger partial charge is 0.322 e. The van der Waals surface area contributed by atoms with Crippen LogP contribution in [-0.2, 0) is 14.9 Å². The minimum atomic E-state index is -3.74. The molecule has 0 aromatic heterocycles. The molecule has 0 saturated heterocycles. The predicted molar refractivity (Wildman–Crippen MR) is 82.8 cm³/mol. The molecule has 0 aliphatic carbocycles. The lowest BCUT2D eigenvalue weighted by atomic mass is 10.2. The Morgan fingerprint density at radius 1 is 1.17 bits per heavy atom. The lowest BCUT2D eigenvalue weighted by molar-refractivity contribution is -0.0258. The van der Waals surface area contributed by atoms with Gasteiger partial charge in [-0.25, -0.2) is 12.8 Å². The van der Waals surface area contributed by atoms with Gasteiger partial charge < -0.3 is 5.32 Å². The van der Waals surface area contributed by atoms with E-state index in [0.29, 0.717) is 5.69 Å². The summed E-state index contributed by atoms with van der Waals surface area (Å²) in [5.74, 6) is -1.00. The van der Waals surface area contributed by atoms with Crippen LogP contribution in [0, 0.1) is 5.82 Å². The Hall–Kier alpha value is -2.29. The quantitative estimate of drug-likeness (QED) is 0.849. The monoisotopic (exact) mass is 338 g/mol. The number of halogens is 1. The Morgan fingerprint density at radius 2 is 1.83 bits per heavy atom.